The topological polar surface area (TPSA) is 111 Å². The molecule has 1 aromatic carbocycles. The van der Waals surface area contributed by atoms with Crippen LogP contribution in [0.1, 0.15) is 73.5 Å². The normalized spacial score (nSPS) is 12.6. The number of ether oxygens (including phenoxy) is 1. The second-order valence-electron chi connectivity index (χ2n) is 11.8. The molecule has 0 aliphatic carbocycles. The van der Waals surface area contributed by atoms with E-state index in [0.717, 1.165) is 0 Å². The summed E-state index contributed by atoms with van der Waals surface area (Å²) in [5.74, 6) is -1.84. The number of halogens is 1. The summed E-state index contributed by atoms with van der Waals surface area (Å²) in [4.78, 5) is 40.0. The number of fused-ring (bicyclic) bond motifs is 1. The van der Waals surface area contributed by atoms with Gasteiger partial charge in [0.05, 0.1) is 16.6 Å². The summed E-state index contributed by atoms with van der Waals surface area (Å²) in [6.07, 6.45) is 6.81. The van der Waals surface area contributed by atoms with E-state index in [4.69, 9.17) is 10.5 Å². The summed E-state index contributed by atoms with van der Waals surface area (Å²) >= 11 is 0. The molecule has 3 N–H and O–H groups in total. The lowest BCUT2D eigenvalue weighted by Crippen LogP contribution is -2.29. The lowest BCUT2D eigenvalue weighted by molar-refractivity contribution is -0.146. The zero-order chi connectivity index (χ0) is 30.7. The predicted molar refractivity (Wildman–Crippen MR) is 158 cm³/mol. The average Bonchev–Trinajstić information content (AvgIpc) is 3.18. The van der Waals surface area contributed by atoms with Gasteiger partial charge in [0.1, 0.15) is 18.2 Å². The van der Waals surface area contributed by atoms with Crippen LogP contribution < -0.4 is 10.5 Å². The van der Waals surface area contributed by atoms with Crippen LogP contribution in [0.15, 0.2) is 78.7 Å². The Morgan fingerprint density at radius 1 is 1.10 bits per heavy atom. The van der Waals surface area contributed by atoms with Gasteiger partial charge in [-0.3, -0.25) is 14.4 Å². The Balaban J connectivity index is 2.25. The standard InChI is InChI=1S/C33H37FN2O5/c1-20(9-8-10-21(2)35)19-41-24-15-16-36-26(17-24)27(30(38)32(3,4)5)25(18-33(6,7)31(39)40)28(36)29(37)22-11-13-23(34)14-12-22/h8-17H,1,18-19,35H2,2-7H3,(H,39,40)/b9-8-,21-10-. The molecular weight excluding hydrogens is 523 g/mol. The van der Waals surface area contributed by atoms with Gasteiger partial charge in [0.25, 0.3) is 0 Å². The number of allylic oxidation sites excluding steroid dienone is 3. The molecule has 0 spiro atoms. The highest BCUT2D eigenvalue weighted by Crippen LogP contribution is 2.37. The van der Waals surface area contributed by atoms with Gasteiger partial charge in [-0.1, -0.05) is 39.5 Å². The van der Waals surface area contributed by atoms with E-state index in [1.165, 1.54) is 24.3 Å². The number of ketones is 2. The number of carboxylic acids is 1. The van der Waals surface area contributed by atoms with E-state index in [9.17, 15) is 23.9 Å². The quantitative estimate of drug-likeness (QED) is 0.203. The molecule has 0 saturated carbocycles. The zero-order valence-corrected chi connectivity index (χ0v) is 24.4. The Kier molecular flexibility index (Phi) is 9.06. The third-order valence-electron chi connectivity index (χ3n) is 6.55. The van der Waals surface area contributed by atoms with Crippen LogP contribution in [0.4, 0.5) is 4.39 Å². The van der Waals surface area contributed by atoms with Crippen molar-refractivity contribution < 1.29 is 28.6 Å². The van der Waals surface area contributed by atoms with Gasteiger partial charge in [0, 0.05) is 34.5 Å². The fraction of sp³-hybridized carbons (Fsp3) is 0.303. The molecule has 3 aromatic rings. The molecule has 0 radical (unpaired) electrons. The van der Waals surface area contributed by atoms with E-state index in [1.807, 2.05) is 0 Å². The molecule has 216 valence electrons. The van der Waals surface area contributed by atoms with E-state index < -0.39 is 28.4 Å². The molecular formula is C33H37FN2O5. The first-order chi connectivity index (χ1) is 19.0. The summed E-state index contributed by atoms with van der Waals surface area (Å²) < 4.78 is 21.2. The van der Waals surface area contributed by atoms with Gasteiger partial charge in [-0.25, -0.2) is 4.39 Å². The summed E-state index contributed by atoms with van der Waals surface area (Å²) in [6.45, 7) is 14.3. The van der Waals surface area contributed by atoms with Gasteiger partial charge in [-0.15, -0.1) is 0 Å². The molecule has 0 aliphatic heterocycles. The Morgan fingerprint density at radius 2 is 1.73 bits per heavy atom. The van der Waals surface area contributed by atoms with Crippen LogP contribution in [0.25, 0.3) is 5.52 Å². The second-order valence-corrected chi connectivity index (χ2v) is 11.8. The Bertz CT molecular complexity index is 1560. The third kappa shape index (κ3) is 7.20. The minimum Gasteiger partial charge on any atom is -0.489 e. The number of hydrogen-bond donors (Lipinski definition) is 2. The van der Waals surface area contributed by atoms with Gasteiger partial charge < -0.3 is 20.0 Å². The number of pyridine rings is 1. The van der Waals surface area contributed by atoms with Crippen molar-refractivity contribution in [3.8, 4) is 5.75 Å². The van der Waals surface area contributed by atoms with E-state index in [-0.39, 0.29) is 35.6 Å². The maximum atomic E-state index is 13.9. The minimum atomic E-state index is -1.30. The minimum absolute atomic E-state index is 0.0880. The van der Waals surface area contributed by atoms with Crippen molar-refractivity contribution in [2.75, 3.05) is 6.61 Å². The van der Waals surface area contributed by atoms with Gasteiger partial charge in [0.2, 0.25) is 5.78 Å². The Morgan fingerprint density at radius 3 is 2.29 bits per heavy atom. The predicted octanol–water partition coefficient (Wildman–Crippen LogP) is 6.55. The summed E-state index contributed by atoms with van der Waals surface area (Å²) in [7, 11) is 0. The van der Waals surface area contributed by atoms with Crippen LogP contribution in [-0.4, -0.2) is 33.6 Å². The maximum Gasteiger partial charge on any atom is 0.309 e. The number of aromatic nitrogens is 1. The number of nitrogens with two attached hydrogens (primary N) is 1. The number of carbonyl (C=O) groups excluding carboxylic acids is 2. The molecule has 0 fully saturated rings. The Hall–Kier alpha value is -4.46. The van der Waals surface area contributed by atoms with E-state index >= 15 is 0 Å². The lowest BCUT2D eigenvalue weighted by atomic mass is 9.79. The maximum absolute atomic E-state index is 13.9. The smallest absolute Gasteiger partial charge is 0.309 e. The summed E-state index contributed by atoms with van der Waals surface area (Å²) in [5, 5.41) is 9.94. The number of carbonyl (C=O) groups is 3. The fourth-order valence-corrected chi connectivity index (χ4v) is 4.24. The molecule has 0 amide bonds. The Labute approximate surface area is 239 Å². The summed E-state index contributed by atoms with van der Waals surface area (Å²) in [6, 6.07) is 8.43. The number of carboxylic acid groups (broad SMARTS) is 1. The molecule has 0 bridgehead atoms. The van der Waals surface area contributed by atoms with Crippen molar-refractivity contribution in [1.29, 1.82) is 0 Å². The first-order valence-electron chi connectivity index (χ1n) is 13.2. The molecule has 8 heteroatoms. The van der Waals surface area contributed by atoms with Crippen LogP contribution in [0.3, 0.4) is 0 Å². The highest BCUT2D eigenvalue weighted by molar-refractivity contribution is 6.15. The number of benzene rings is 1. The average molecular weight is 561 g/mol. The first kappa shape index (κ1) is 31.1. The number of aliphatic carboxylic acids is 1. The number of nitrogens with zero attached hydrogens (tertiary/aromatic N) is 1. The van der Waals surface area contributed by atoms with Crippen LogP contribution in [-0.2, 0) is 11.2 Å². The van der Waals surface area contributed by atoms with Crippen LogP contribution in [0, 0.1) is 16.6 Å². The summed E-state index contributed by atoms with van der Waals surface area (Å²) in [5.41, 5.74) is 6.18. The molecule has 2 aromatic heterocycles. The van der Waals surface area contributed by atoms with Crippen molar-refractivity contribution in [2.24, 2.45) is 16.6 Å². The molecule has 3 rings (SSSR count). The molecule has 0 saturated heterocycles. The highest BCUT2D eigenvalue weighted by atomic mass is 19.1. The number of hydrogen-bond acceptors (Lipinski definition) is 5. The van der Waals surface area contributed by atoms with Crippen molar-refractivity contribution in [3.05, 3.63) is 107 Å². The van der Waals surface area contributed by atoms with Gasteiger partial charge in [0.15, 0.2) is 5.78 Å². The third-order valence-corrected chi connectivity index (χ3v) is 6.55. The van der Waals surface area contributed by atoms with Crippen molar-refractivity contribution in [3.63, 3.8) is 0 Å². The first-order valence-corrected chi connectivity index (χ1v) is 13.2. The molecule has 0 atom stereocenters. The van der Waals surface area contributed by atoms with Crippen molar-refractivity contribution >= 4 is 23.1 Å². The fourth-order valence-electron chi connectivity index (χ4n) is 4.24. The monoisotopic (exact) mass is 560 g/mol. The molecule has 0 aliphatic rings. The second kappa shape index (κ2) is 12.0. The zero-order valence-electron chi connectivity index (χ0n) is 24.4. The van der Waals surface area contributed by atoms with E-state index in [2.05, 4.69) is 6.58 Å². The van der Waals surface area contributed by atoms with Crippen LogP contribution in [0.2, 0.25) is 0 Å². The largest absolute Gasteiger partial charge is 0.489 e. The molecule has 0 unspecified atom stereocenters. The SMILES string of the molecule is C=C(/C=C\C=C(\C)N)COc1ccn2c(C(=O)c3ccc(F)cc3)c(CC(C)(C)C(=O)O)c(C(=O)C(C)(C)C)c2c1. The molecule has 41 heavy (non-hydrogen) atoms. The van der Waals surface area contributed by atoms with Crippen LogP contribution >= 0.6 is 0 Å². The van der Waals surface area contributed by atoms with Gasteiger partial charge in [-0.05, 0) is 74.7 Å². The van der Waals surface area contributed by atoms with Crippen molar-refractivity contribution in [2.45, 2.75) is 48.0 Å². The van der Waals surface area contributed by atoms with Gasteiger partial charge >= 0.3 is 5.97 Å². The lowest BCUT2D eigenvalue weighted by Gasteiger charge is -2.22. The molecule has 2 heterocycles. The molecule has 7 nitrogen and oxygen atoms in total. The van der Waals surface area contributed by atoms with Crippen molar-refractivity contribution in [1.82, 2.24) is 4.40 Å². The highest BCUT2D eigenvalue weighted by Gasteiger charge is 2.37. The van der Waals surface area contributed by atoms with E-state index in [0.29, 0.717) is 28.1 Å². The number of Topliss-reactive ketones (excluding diaryl/α,β-unsaturated/α-hetero) is 1. The number of rotatable bonds is 11. The van der Waals surface area contributed by atoms with Crippen LogP contribution in [0.5, 0.6) is 5.75 Å². The van der Waals surface area contributed by atoms with Gasteiger partial charge in [-0.2, -0.15) is 0 Å². The van der Waals surface area contributed by atoms with E-state index in [1.54, 1.807) is 82.5 Å².